The van der Waals surface area contributed by atoms with Crippen LogP contribution in [0.25, 0.3) is 0 Å². The minimum atomic E-state index is 0.642. The van der Waals surface area contributed by atoms with Gasteiger partial charge in [-0.25, -0.2) is 9.97 Å². The maximum atomic E-state index is 5.44. The maximum Gasteiger partial charge on any atom is 0.218 e. The quantitative estimate of drug-likeness (QED) is 0.859. The second-order valence-electron chi connectivity index (χ2n) is 5.76. The van der Waals surface area contributed by atoms with E-state index in [0.717, 1.165) is 24.8 Å². The monoisotopic (exact) mass is 276 g/mol. The molecule has 5 nitrogen and oxygen atoms in total. The predicted molar refractivity (Wildman–Crippen MR) is 79.2 cm³/mol. The highest BCUT2D eigenvalue weighted by molar-refractivity contribution is 5.41. The van der Waals surface area contributed by atoms with Gasteiger partial charge in [-0.15, -0.1) is 0 Å². The fraction of sp³-hybridized carbons (Fsp3) is 0.733. The number of nitrogens with one attached hydrogen (secondary N) is 1. The van der Waals surface area contributed by atoms with Crippen LogP contribution in [0, 0.1) is 5.92 Å². The number of hydrogen-bond acceptors (Lipinski definition) is 5. The third kappa shape index (κ3) is 3.60. The number of nitrogens with zero attached hydrogens (tertiary/aromatic N) is 3. The van der Waals surface area contributed by atoms with Gasteiger partial charge in [-0.2, -0.15) is 0 Å². The zero-order valence-corrected chi connectivity index (χ0v) is 12.2. The average molecular weight is 276 g/mol. The Kier molecular flexibility index (Phi) is 4.35. The molecule has 2 aliphatic rings. The van der Waals surface area contributed by atoms with Crippen molar-refractivity contribution in [3.05, 3.63) is 12.4 Å². The van der Waals surface area contributed by atoms with Crippen LogP contribution in [0.3, 0.4) is 0 Å². The van der Waals surface area contributed by atoms with Gasteiger partial charge in [-0.1, -0.05) is 0 Å². The normalized spacial score (nSPS) is 20.1. The van der Waals surface area contributed by atoms with Gasteiger partial charge in [0.15, 0.2) is 0 Å². The summed E-state index contributed by atoms with van der Waals surface area (Å²) in [7, 11) is 0. The highest BCUT2D eigenvalue weighted by Gasteiger charge is 2.24. The molecule has 5 heteroatoms. The number of anilines is 1. The molecule has 0 aromatic carbocycles. The van der Waals surface area contributed by atoms with E-state index < -0.39 is 0 Å². The van der Waals surface area contributed by atoms with E-state index in [1.807, 2.05) is 13.0 Å². The van der Waals surface area contributed by atoms with Crippen LogP contribution in [0.2, 0.25) is 0 Å². The van der Waals surface area contributed by atoms with E-state index >= 15 is 0 Å². The third-order valence-electron chi connectivity index (χ3n) is 4.13. The van der Waals surface area contributed by atoms with Crippen molar-refractivity contribution in [1.82, 2.24) is 15.3 Å². The van der Waals surface area contributed by atoms with Crippen LogP contribution in [0.4, 0.5) is 5.82 Å². The second kappa shape index (κ2) is 6.39. The summed E-state index contributed by atoms with van der Waals surface area (Å²) in [5, 5.41) is 3.70. The van der Waals surface area contributed by atoms with Crippen molar-refractivity contribution in [2.75, 3.05) is 31.1 Å². The van der Waals surface area contributed by atoms with Crippen LogP contribution < -0.4 is 15.0 Å². The van der Waals surface area contributed by atoms with Crippen LogP contribution in [0.1, 0.15) is 32.6 Å². The molecular formula is C15H24N4O. The highest BCUT2D eigenvalue weighted by Crippen LogP contribution is 2.28. The van der Waals surface area contributed by atoms with E-state index in [-0.39, 0.29) is 0 Å². The summed E-state index contributed by atoms with van der Waals surface area (Å²) < 4.78 is 5.44. The van der Waals surface area contributed by atoms with Gasteiger partial charge < -0.3 is 15.0 Å². The summed E-state index contributed by atoms with van der Waals surface area (Å²) >= 11 is 0. The molecule has 2 fully saturated rings. The molecule has 0 unspecified atom stereocenters. The minimum absolute atomic E-state index is 0.642. The zero-order chi connectivity index (χ0) is 13.8. The molecule has 1 aromatic heterocycles. The van der Waals surface area contributed by atoms with Crippen molar-refractivity contribution in [1.29, 1.82) is 0 Å². The number of hydrogen-bond donors (Lipinski definition) is 1. The Labute approximate surface area is 120 Å². The summed E-state index contributed by atoms with van der Waals surface area (Å²) in [6.07, 6.45) is 6.83. The third-order valence-corrected chi connectivity index (χ3v) is 4.13. The van der Waals surface area contributed by atoms with Crippen molar-refractivity contribution in [2.24, 2.45) is 5.92 Å². The van der Waals surface area contributed by atoms with E-state index in [1.165, 1.54) is 32.2 Å². The molecule has 0 spiro atoms. The minimum Gasteiger partial charge on any atom is -0.478 e. The van der Waals surface area contributed by atoms with E-state index in [9.17, 15) is 0 Å². The van der Waals surface area contributed by atoms with Crippen LogP contribution in [0.5, 0.6) is 5.88 Å². The number of piperidine rings is 1. The summed E-state index contributed by atoms with van der Waals surface area (Å²) in [6, 6.07) is 2.63. The van der Waals surface area contributed by atoms with Crippen molar-refractivity contribution in [3.8, 4) is 5.88 Å². The SMILES string of the molecule is CCOc1cc(N2CCC(NCC3CC3)CC2)ncn1. The Hall–Kier alpha value is -1.36. The number of aromatic nitrogens is 2. The molecule has 1 aliphatic heterocycles. The van der Waals surface area contributed by atoms with Gasteiger partial charge in [0.2, 0.25) is 5.88 Å². The van der Waals surface area contributed by atoms with Crippen LogP contribution >= 0.6 is 0 Å². The summed E-state index contributed by atoms with van der Waals surface area (Å²) in [5.74, 6) is 2.62. The van der Waals surface area contributed by atoms with Crippen molar-refractivity contribution in [3.63, 3.8) is 0 Å². The molecule has 2 heterocycles. The molecule has 0 amide bonds. The van der Waals surface area contributed by atoms with Gasteiger partial charge in [0.05, 0.1) is 6.61 Å². The van der Waals surface area contributed by atoms with Crippen molar-refractivity contribution in [2.45, 2.75) is 38.6 Å². The Morgan fingerprint density at radius 3 is 2.75 bits per heavy atom. The van der Waals surface area contributed by atoms with Gasteiger partial charge >= 0.3 is 0 Å². The number of ether oxygens (including phenoxy) is 1. The van der Waals surface area contributed by atoms with Crippen LogP contribution in [0.15, 0.2) is 12.4 Å². The molecule has 1 saturated heterocycles. The van der Waals surface area contributed by atoms with E-state index in [4.69, 9.17) is 4.74 Å². The van der Waals surface area contributed by atoms with E-state index in [0.29, 0.717) is 18.5 Å². The lowest BCUT2D eigenvalue weighted by atomic mass is 10.0. The molecule has 0 bridgehead atoms. The fourth-order valence-electron chi connectivity index (χ4n) is 2.70. The molecule has 0 radical (unpaired) electrons. The molecule has 110 valence electrons. The van der Waals surface area contributed by atoms with Gasteiger partial charge in [-0.05, 0) is 45.1 Å². The van der Waals surface area contributed by atoms with Crippen LogP contribution in [-0.4, -0.2) is 42.3 Å². The topological polar surface area (TPSA) is 50.3 Å². The van der Waals surface area contributed by atoms with Crippen LogP contribution in [-0.2, 0) is 0 Å². The fourth-order valence-corrected chi connectivity index (χ4v) is 2.70. The first-order chi connectivity index (χ1) is 9.85. The molecule has 20 heavy (non-hydrogen) atoms. The average Bonchev–Trinajstić information content (AvgIpc) is 3.31. The van der Waals surface area contributed by atoms with Crippen molar-refractivity contribution < 1.29 is 4.74 Å². The summed E-state index contributed by atoms with van der Waals surface area (Å²) in [4.78, 5) is 10.8. The first kappa shape index (κ1) is 13.6. The van der Waals surface area contributed by atoms with Gasteiger partial charge in [0.1, 0.15) is 12.1 Å². The van der Waals surface area contributed by atoms with Gasteiger partial charge in [0, 0.05) is 25.2 Å². The number of rotatable bonds is 6. The Morgan fingerprint density at radius 2 is 2.05 bits per heavy atom. The Bertz CT molecular complexity index is 428. The lowest BCUT2D eigenvalue weighted by Gasteiger charge is -2.33. The molecular weight excluding hydrogens is 252 g/mol. The van der Waals surface area contributed by atoms with E-state index in [2.05, 4.69) is 20.2 Å². The predicted octanol–water partition coefficient (Wildman–Crippen LogP) is 1.84. The molecule has 1 N–H and O–H groups in total. The maximum absolute atomic E-state index is 5.44. The zero-order valence-electron chi connectivity index (χ0n) is 12.2. The van der Waals surface area contributed by atoms with E-state index in [1.54, 1.807) is 6.33 Å². The lowest BCUT2D eigenvalue weighted by Crippen LogP contribution is -2.43. The summed E-state index contributed by atoms with van der Waals surface area (Å²) in [5.41, 5.74) is 0. The lowest BCUT2D eigenvalue weighted by molar-refractivity contribution is 0.326. The first-order valence-electron chi connectivity index (χ1n) is 7.78. The van der Waals surface area contributed by atoms with Gasteiger partial charge in [-0.3, -0.25) is 0 Å². The Morgan fingerprint density at radius 1 is 1.25 bits per heavy atom. The molecule has 1 aromatic rings. The molecule has 3 rings (SSSR count). The molecule has 1 aliphatic carbocycles. The van der Waals surface area contributed by atoms with Gasteiger partial charge in [0.25, 0.3) is 0 Å². The van der Waals surface area contributed by atoms with Crippen molar-refractivity contribution >= 4 is 5.82 Å². The smallest absolute Gasteiger partial charge is 0.218 e. The molecule has 1 saturated carbocycles. The highest BCUT2D eigenvalue weighted by atomic mass is 16.5. The molecule has 0 atom stereocenters. The summed E-state index contributed by atoms with van der Waals surface area (Å²) in [6.45, 7) is 5.95. The second-order valence-corrected chi connectivity index (χ2v) is 5.76. The first-order valence-corrected chi connectivity index (χ1v) is 7.78. The Balaban J connectivity index is 1.50. The largest absolute Gasteiger partial charge is 0.478 e. The standard InChI is InChI=1S/C15H24N4O/c1-2-20-15-9-14(17-11-18-15)19-7-5-13(6-8-19)16-10-12-3-4-12/h9,11-13,16H,2-8,10H2,1H3.